The molecule has 2 unspecified atom stereocenters. The summed E-state index contributed by atoms with van der Waals surface area (Å²) in [5.41, 5.74) is 2.49. The topological polar surface area (TPSA) is 33.1 Å². The Morgan fingerprint density at radius 1 is 1.53 bits per heavy atom. The fourth-order valence-electron chi connectivity index (χ4n) is 3.11. The van der Waals surface area contributed by atoms with Crippen LogP contribution in [0.2, 0.25) is 0 Å². The van der Waals surface area contributed by atoms with Crippen LogP contribution in [0.5, 0.6) is 0 Å². The summed E-state index contributed by atoms with van der Waals surface area (Å²) in [4.78, 5) is 2.59. The molecule has 4 nitrogen and oxygen atoms in total. The zero-order valence-corrected chi connectivity index (χ0v) is 12.8. The first-order chi connectivity index (χ1) is 9.13. The molecule has 0 bridgehead atoms. The number of likely N-dealkylation sites (tertiary alicyclic amines) is 1. The summed E-state index contributed by atoms with van der Waals surface area (Å²) in [6, 6.07) is 2.84. The summed E-state index contributed by atoms with van der Waals surface area (Å²) in [6.07, 6.45) is 2.67. The predicted molar refractivity (Wildman–Crippen MR) is 79.2 cm³/mol. The Morgan fingerprint density at radius 2 is 2.32 bits per heavy atom. The summed E-state index contributed by atoms with van der Waals surface area (Å²) < 4.78 is 2.14. The van der Waals surface area contributed by atoms with Gasteiger partial charge < -0.3 is 5.32 Å². The molecule has 19 heavy (non-hydrogen) atoms. The number of rotatable bonds is 5. The lowest BCUT2D eigenvalue weighted by Crippen LogP contribution is -2.43. The number of hydrogen-bond acceptors (Lipinski definition) is 3. The monoisotopic (exact) mass is 264 g/mol. The van der Waals surface area contributed by atoms with E-state index < -0.39 is 0 Å². The lowest BCUT2D eigenvalue weighted by molar-refractivity contribution is 0.143. The van der Waals surface area contributed by atoms with E-state index >= 15 is 0 Å². The van der Waals surface area contributed by atoms with Gasteiger partial charge in [-0.05, 0) is 59.2 Å². The van der Waals surface area contributed by atoms with Gasteiger partial charge in [0.1, 0.15) is 0 Å². The number of piperidine rings is 1. The molecule has 108 valence electrons. The number of hydrogen-bond donors (Lipinski definition) is 1. The van der Waals surface area contributed by atoms with Crippen molar-refractivity contribution < 1.29 is 0 Å². The molecule has 0 amide bonds. The maximum absolute atomic E-state index is 4.54. The third-order valence-electron chi connectivity index (χ3n) is 4.38. The molecule has 4 heteroatoms. The Bertz CT molecular complexity index is 399. The van der Waals surface area contributed by atoms with Crippen LogP contribution in [0.4, 0.5) is 0 Å². The van der Waals surface area contributed by atoms with Gasteiger partial charge >= 0.3 is 0 Å². The molecule has 1 aliphatic heterocycles. The van der Waals surface area contributed by atoms with E-state index in [2.05, 4.69) is 53.9 Å². The smallest absolute Gasteiger partial charge is 0.0597 e. The molecule has 1 saturated heterocycles. The van der Waals surface area contributed by atoms with Crippen LogP contribution >= 0.6 is 0 Å². The number of aryl methyl sites for hydroxylation is 2. The van der Waals surface area contributed by atoms with Gasteiger partial charge in [0.2, 0.25) is 0 Å². The second kappa shape index (κ2) is 6.53. The molecule has 0 radical (unpaired) electrons. The molecular weight excluding hydrogens is 236 g/mol. The number of aromatic nitrogens is 2. The van der Waals surface area contributed by atoms with Crippen LogP contribution in [-0.4, -0.2) is 40.9 Å². The van der Waals surface area contributed by atoms with E-state index in [1.807, 2.05) is 0 Å². The van der Waals surface area contributed by atoms with Gasteiger partial charge in [0.15, 0.2) is 0 Å². The number of nitrogens with one attached hydrogen (secondary N) is 1. The van der Waals surface area contributed by atoms with Crippen LogP contribution in [0, 0.1) is 12.8 Å². The summed E-state index contributed by atoms with van der Waals surface area (Å²) in [5, 5.41) is 7.94. The van der Waals surface area contributed by atoms with Crippen molar-refractivity contribution in [3.63, 3.8) is 0 Å². The lowest BCUT2D eigenvalue weighted by Gasteiger charge is -2.35. The fraction of sp³-hybridized carbons (Fsp3) is 0.800. The highest BCUT2D eigenvalue weighted by Crippen LogP contribution is 2.21. The minimum Gasteiger partial charge on any atom is -0.317 e. The van der Waals surface area contributed by atoms with Crippen molar-refractivity contribution in [3.8, 4) is 0 Å². The van der Waals surface area contributed by atoms with Crippen molar-refractivity contribution >= 4 is 0 Å². The maximum Gasteiger partial charge on any atom is 0.0597 e. The van der Waals surface area contributed by atoms with Crippen molar-refractivity contribution in [2.75, 3.05) is 20.1 Å². The molecule has 0 aliphatic carbocycles. The van der Waals surface area contributed by atoms with E-state index in [1.54, 1.807) is 0 Å². The predicted octanol–water partition coefficient (Wildman–Crippen LogP) is 2.03. The Hall–Kier alpha value is -0.870. The summed E-state index contributed by atoms with van der Waals surface area (Å²) in [7, 11) is 2.07. The Kier molecular flexibility index (Phi) is 4.99. The minimum atomic E-state index is 0.612. The van der Waals surface area contributed by atoms with Crippen LogP contribution < -0.4 is 5.32 Å². The second-order valence-electron chi connectivity index (χ2n) is 5.81. The molecule has 1 aliphatic rings. The molecule has 2 heterocycles. The van der Waals surface area contributed by atoms with E-state index in [9.17, 15) is 0 Å². The first-order valence-corrected chi connectivity index (χ1v) is 7.57. The second-order valence-corrected chi connectivity index (χ2v) is 5.81. The van der Waals surface area contributed by atoms with Crippen molar-refractivity contribution in [2.24, 2.45) is 5.92 Å². The van der Waals surface area contributed by atoms with E-state index in [-0.39, 0.29) is 0 Å². The van der Waals surface area contributed by atoms with Gasteiger partial charge in [0.25, 0.3) is 0 Å². The van der Waals surface area contributed by atoms with Gasteiger partial charge in [-0.3, -0.25) is 9.58 Å². The number of nitrogens with zero attached hydrogens (tertiary/aromatic N) is 3. The van der Waals surface area contributed by atoms with Crippen molar-refractivity contribution in [2.45, 2.75) is 52.7 Å². The Morgan fingerprint density at radius 3 is 3.00 bits per heavy atom. The van der Waals surface area contributed by atoms with Gasteiger partial charge in [0, 0.05) is 25.7 Å². The van der Waals surface area contributed by atoms with E-state index in [1.165, 1.54) is 31.6 Å². The van der Waals surface area contributed by atoms with Crippen molar-refractivity contribution in [1.29, 1.82) is 0 Å². The van der Waals surface area contributed by atoms with Crippen LogP contribution in [0.3, 0.4) is 0 Å². The molecule has 1 aromatic heterocycles. The molecule has 0 spiro atoms. The summed E-state index contributed by atoms with van der Waals surface area (Å²) in [6.45, 7) is 11.0. The van der Waals surface area contributed by atoms with E-state index in [0.29, 0.717) is 6.04 Å². The van der Waals surface area contributed by atoms with Crippen molar-refractivity contribution in [3.05, 3.63) is 17.5 Å². The Balaban J connectivity index is 1.98. The van der Waals surface area contributed by atoms with Gasteiger partial charge in [0.05, 0.1) is 11.4 Å². The third kappa shape index (κ3) is 3.57. The maximum atomic E-state index is 4.54. The molecule has 0 saturated carbocycles. The lowest BCUT2D eigenvalue weighted by atomic mass is 9.91. The van der Waals surface area contributed by atoms with Gasteiger partial charge in [-0.15, -0.1) is 0 Å². The summed E-state index contributed by atoms with van der Waals surface area (Å²) >= 11 is 0. The molecule has 2 atom stereocenters. The first-order valence-electron chi connectivity index (χ1n) is 7.57. The van der Waals surface area contributed by atoms with Gasteiger partial charge in [-0.1, -0.05) is 0 Å². The third-order valence-corrected chi connectivity index (χ3v) is 4.38. The highest BCUT2D eigenvalue weighted by Gasteiger charge is 2.24. The molecule has 0 aromatic carbocycles. The average Bonchev–Trinajstić information content (AvgIpc) is 2.78. The van der Waals surface area contributed by atoms with Crippen LogP contribution in [0.15, 0.2) is 6.07 Å². The van der Waals surface area contributed by atoms with E-state index in [4.69, 9.17) is 0 Å². The normalized spacial score (nSPS) is 22.6. The molecule has 1 fully saturated rings. The van der Waals surface area contributed by atoms with Crippen LogP contribution in [-0.2, 0) is 13.1 Å². The highest BCUT2D eigenvalue weighted by atomic mass is 15.3. The zero-order valence-electron chi connectivity index (χ0n) is 12.8. The Labute approximate surface area is 117 Å². The largest absolute Gasteiger partial charge is 0.317 e. The van der Waals surface area contributed by atoms with E-state index in [0.717, 1.165) is 24.7 Å². The first kappa shape index (κ1) is 14.5. The molecule has 1 N–H and O–H groups in total. The van der Waals surface area contributed by atoms with Crippen LogP contribution in [0.25, 0.3) is 0 Å². The minimum absolute atomic E-state index is 0.612. The van der Waals surface area contributed by atoms with Gasteiger partial charge in [-0.2, -0.15) is 5.10 Å². The SMILES string of the molecule is CCn1nc(C)cc1CN1CCCC(C(C)NC)C1. The zero-order chi connectivity index (χ0) is 13.8. The van der Waals surface area contributed by atoms with Crippen molar-refractivity contribution in [1.82, 2.24) is 20.0 Å². The molecule has 1 aromatic rings. The highest BCUT2D eigenvalue weighted by molar-refractivity contribution is 5.09. The fourth-order valence-corrected chi connectivity index (χ4v) is 3.11. The summed E-state index contributed by atoms with van der Waals surface area (Å²) in [5.74, 6) is 0.776. The van der Waals surface area contributed by atoms with Crippen LogP contribution in [0.1, 0.15) is 38.1 Å². The molecule has 2 rings (SSSR count). The quantitative estimate of drug-likeness (QED) is 0.883. The standard InChI is InChI=1S/C15H28N4/c1-5-19-15(9-12(2)17-19)11-18-8-6-7-14(10-18)13(3)16-4/h9,13-14,16H,5-8,10-11H2,1-4H3. The molecular formula is C15H28N4. The van der Waals surface area contributed by atoms with Gasteiger partial charge in [-0.25, -0.2) is 0 Å². The average molecular weight is 264 g/mol.